The molecule has 4 amide bonds. The van der Waals surface area contributed by atoms with E-state index in [0.717, 1.165) is 24.9 Å². The Morgan fingerprint density at radius 2 is 1.96 bits per heavy atom. The number of para-hydroxylation sites is 1. The summed E-state index contributed by atoms with van der Waals surface area (Å²) in [5.41, 5.74) is 0.801. The predicted octanol–water partition coefficient (Wildman–Crippen LogP) is 1.32. The maximum absolute atomic E-state index is 13.0. The van der Waals surface area contributed by atoms with E-state index in [1.54, 1.807) is 19.0 Å². The highest BCUT2D eigenvalue weighted by Crippen LogP contribution is 2.69. The number of benzene rings is 1. The molecule has 0 radical (unpaired) electrons. The first kappa shape index (κ1) is 15.7. The van der Waals surface area contributed by atoms with Crippen molar-refractivity contribution in [1.29, 1.82) is 0 Å². The van der Waals surface area contributed by atoms with E-state index in [0.29, 0.717) is 6.54 Å². The van der Waals surface area contributed by atoms with Gasteiger partial charge >= 0.3 is 12.1 Å². The van der Waals surface area contributed by atoms with Gasteiger partial charge in [0.05, 0.1) is 12.1 Å². The summed E-state index contributed by atoms with van der Waals surface area (Å²) in [7, 11) is 3.37. The number of nitrogens with zero attached hydrogens (tertiary/aromatic N) is 3. The first-order chi connectivity index (χ1) is 13.0. The third-order valence-corrected chi connectivity index (χ3v) is 8.27. The van der Waals surface area contributed by atoms with Gasteiger partial charge in [0.25, 0.3) is 0 Å². The number of likely N-dealkylation sites (N-methyl/N-ethyl adjacent to an activating group) is 1. The molecule has 2 saturated heterocycles. The molecule has 7 heteroatoms. The summed E-state index contributed by atoms with van der Waals surface area (Å²) in [4.78, 5) is 31.2. The zero-order valence-electron chi connectivity index (χ0n) is 15.6. The van der Waals surface area contributed by atoms with Crippen LogP contribution in [0.15, 0.2) is 24.3 Å². The molecule has 7 rings (SSSR count). The van der Waals surface area contributed by atoms with Crippen molar-refractivity contribution in [2.45, 2.75) is 42.5 Å². The number of hydrogen-bond acceptors (Lipinski definition) is 3. The number of anilines is 1. The zero-order chi connectivity index (χ0) is 18.7. The molecule has 27 heavy (non-hydrogen) atoms. The molecule has 3 aliphatic carbocycles. The molecule has 5 fully saturated rings. The maximum atomic E-state index is 13.0. The summed E-state index contributed by atoms with van der Waals surface area (Å²) in [6, 6.07) is 7.69. The van der Waals surface area contributed by atoms with Crippen molar-refractivity contribution < 1.29 is 14.7 Å². The number of piperidine rings is 1. The normalized spacial score (nSPS) is 43.1. The summed E-state index contributed by atoms with van der Waals surface area (Å²) < 4.78 is 0. The van der Waals surface area contributed by atoms with E-state index in [-0.39, 0.29) is 41.4 Å². The smallest absolute Gasteiger partial charge is 0.322 e. The van der Waals surface area contributed by atoms with Crippen molar-refractivity contribution in [3.63, 3.8) is 0 Å². The van der Waals surface area contributed by atoms with Gasteiger partial charge in [0.1, 0.15) is 0 Å². The van der Waals surface area contributed by atoms with Crippen LogP contribution in [-0.4, -0.2) is 65.4 Å². The minimum Gasteiger partial charge on any atom is -0.368 e. The van der Waals surface area contributed by atoms with E-state index in [1.165, 1.54) is 5.56 Å². The average molecular weight is 368 g/mol. The van der Waals surface area contributed by atoms with E-state index in [9.17, 15) is 14.7 Å². The predicted molar refractivity (Wildman–Crippen MR) is 98.3 cm³/mol. The third-order valence-electron chi connectivity index (χ3n) is 8.27. The number of carbonyl (C=O) groups excluding carboxylic acids is 2. The van der Waals surface area contributed by atoms with Crippen LogP contribution in [0, 0.1) is 11.8 Å². The quantitative estimate of drug-likeness (QED) is 0.725. The molecule has 7 nitrogen and oxygen atoms in total. The number of hydrogen-bond donors (Lipinski definition) is 2. The van der Waals surface area contributed by atoms with Crippen molar-refractivity contribution in [2.24, 2.45) is 11.8 Å². The lowest BCUT2D eigenvalue weighted by molar-refractivity contribution is -0.221. The first-order valence-electron chi connectivity index (χ1n) is 9.85. The Kier molecular flexibility index (Phi) is 2.67. The van der Waals surface area contributed by atoms with Gasteiger partial charge in [0.15, 0.2) is 5.72 Å². The summed E-state index contributed by atoms with van der Waals surface area (Å²) in [6.45, 7) is 0.631. The van der Waals surface area contributed by atoms with Gasteiger partial charge in [-0.3, -0.25) is 9.80 Å². The molecule has 3 heterocycles. The van der Waals surface area contributed by atoms with Crippen LogP contribution in [0.25, 0.3) is 0 Å². The highest BCUT2D eigenvalue weighted by Gasteiger charge is 2.79. The minimum absolute atomic E-state index is 0.0750. The molecular weight excluding hydrogens is 344 g/mol. The van der Waals surface area contributed by atoms with Crippen molar-refractivity contribution in [3.05, 3.63) is 29.8 Å². The molecule has 0 aromatic heterocycles. The second-order valence-electron chi connectivity index (χ2n) is 8.73. The van der Waals surface area contributed by atoms with Crippen molar-refractivity contribution >= 4 is 17.7 Å². The molecule has 1 spiro atoms. The number of aliphatic hydroxyl groups is 1. The largest absolute Gasteiger partial charge is 0.368 e. The third kappa shape index (κ3) is 1.39. The Morgan fingerprint density at radius 3 is 2.74 bits per heavy atom. The van der Waals surface area contributed by atoms with Gasteiger partial charge < -0.3 is 15.3 Å². The Morgan fingerprint density at radius 1 is 1.22 bits per heavy atom. The van der Waals surface area contributed by atoms with Gasteiger partial charge in [0.2, 0.25) is 0 Å². The Balaban J connectivity index is 1.64. The number of urea groups is 2. The zero-order valence-corrected chi connectivity index (χ0v) is 15.6. The number of fused-ring (bicyclic) bond motifs is 2. The number of carbonyl (C=O) groups is 2. The molecule has 3 saturated carbocycles. The molecular formula is C20H24N4O3. The Bertz CT molecular complexity index is 890. The SMILES string of the molecule is CNC(=O)N1c2ccccc2C23CCN4C(=O)N(C)C5(O)C(CCC2C45)C13. The van der Waals surface area contributed by atoms with Gasteiger partial charge in [-0.2, -0.15) is 0 Å². The molecule has 6 unspecified atom stereocenters. The number of nitrogens with one attached hydrogen (secondary N) is 1. The van der Waals surface area contributed by atoms with Crippen LogP contribution in [0.2, 0.25) is 0 Å². The molecule has 2 N–H and O–H groups in total. The van der Waals surface area contributed by atoms with E-state index in [2.05, 4.69) is 11.4 Å². The van der Waals surface area contributed by atoms with Crippen molar-refractivity contribution in [2.75, 3.05) is 25.5 Å². The molecule has 1 aromatic rings. The molecule has 6 aliphatic rings. The average Bonchev–Trinajstić information content (AvgIpc) is 3.11. The van der Waals surface area contributed by atoms with E-state index >= 15 is 0 Å². The van der Waals surface area contributed by atoms with Gasteiger partial charge in [0, 0.05) is 37.7 Å². The monoisotopic (exact) mass is 368 g/mol. The van der Waals surface area contributed by atoms with Crippen LogP contribution in [0.4, 0.5) is 15.3 Å². The van der Waals surface area contributed by atoms with Gasteiger partial charge in [-0.1, -0.05) is 18.2 Å². The van der Waals surface area contributed by atoms with Crippen molar-refractivity contribution in [3.8, 4) is 0 Å². The summed E-state index contributed by atoms with van der Waals surface area (Å²) >= 11 is 0. The standard InChI is InChI=1S/C20H24N4O3/c1-21-17(25)24-14-6-4-3-5-11(14)19-9-10-23-16-12(19)7-8-13(15(19)24)20(16,27)22(2)18(23)26/h3-6,12-13,15-16,27H,7-10H2,1-2H3,(H,21,25). The van der Waals surface area contributed by atoms with Crippen LogP contribution < -0.4 is 10.2 Å². The van der Waals surface area contributed by atoms with Crippen LogP contribution >= 0.6 is 0 Å². The minimum atomic E-state index is -1.21. The number of rotatable bonds is 0. The molecule has 1 aromatic carbocycles. The topological polar surface area (TPSA) is 76.1 Å². The lowest BCUT2D eigenvalue weighted by Gasteiger charge is -2.66. The van der Waals surface area contributed by atoms with E-state index in [1.807, 2.05) is 28.0 Å². The number of amides is 4. The summed E-state index contributed by atoms with van der Waals surface area (Å²) in [5, 5.41) is 14.7. The lowest BCUT2D eigenvalue weighted by atomic mass is 9.45. The van der Waals surface area contributed by atoms with Crippen LogP contribution in [0.3, 0.4) is 0 Å². The Hall–Kier alpha value is -2.28. The highest BCUT2D eigenvalue weighted by molar-refractivity contribution is 5.97. The van der Waals surface area contributed by atoms with Gasteiger partial charge in [-0.25, -0.2) is 9.59 Å². The fourth-order valence-electron chi connectivity index (χ4n) is 7.47. The van der Waals surface area contributed by atoms with Gasteiger partial charge in [-0.05, 0) is 36.8 Å². The second kappa shape index (κ2) is 4.58. The maximum Gasteiger partial charge on any atom is 0.322 e. The highest BCUT2D eigenvalue weighted by atomic mass is 16.3. The molecule has 6 atom stereocenters. The first-order valence-corrected chi connectivity index (χ1v) is 9.85. The van der Waals surface area contributed by atoms with Crippen LogP contribution in [0.5, 0.6) is 0 Å². The molecule has 3 aliphatic heterocycles. The fraction of sp³-hybridized carbons (Fsp3) is 0.600. The van der Waals surface area contributed by atoms with E-state index in [4.69, 9.17) is 0 Å². The van der Waals surface area contributed by atoms with Crippen LogP contribution in [-0.2, 0) is 5.41 Å². The second-order valence-corrected chi connectivity index (χ2v) is 8.73. The van der Waals surface area contributed by atoms with Crippen molar-refractivity contribution in [1.82, 2.24) is 15.1 Å². The summed E-state index contributed by atoms with van der Waals surface area (Å²) in [5.74, 6) is 0.00686. The van der Waals surface area contributed by atoms with Crippen LogP contribution in [0.1, 0.15) is 24.8 Å². The molecule has 4 bridgehead atoms. The lowest BCUT2D eigenvalue weighted by Crippen LogP contribution is -2.79. The fourth-order valence-corrected chi connectivity index (χ4v) is 7.47. The molecule has 142 valence electrons. The van der Waals surface area contributed by atoms with Gasteiger partial charge in [-0.15, -0.1) is 0 Å². The Labute approximate surface area is 157 Å². The van der Waals surface area contributed by atoms with E-state index < -0.39 is 5.72 Å². The summed E-state index contributed by atoms with van der Waals surface area (Å²) in [6.07, 6.45) is 2.66.